The third-order valence-corrected chi connectivity index (χ3v) is 4.06. The Labute approximate surface area is 121 Å². The standard InChI is InChI=1S/C16H25N3O/c1-11-8-13(3)19(10-11)7-6-16(20)18-15-5-4-14(17)9-12(15)2/h4-5,9,11,13H,6-8,10,17H2,1-3H3,(H,18,20). The van der Waals surface area contributed by atoms with Gasteiger partial charge in [0.1, 0.15) is 0 Å². The van der Waals surface area contributed by atoms with Crippen LogP contribution in [0, 0.1) is 12.8 Å². The maximum absolute atomic E-state index is 12.0. The molecule has 0 bridgehead atoms. The van der Waals surface area contributed by atoms with Gasteiger partial charge in [0.25, 0.3) is 0 Å². The van der Waals surface area contributed by atoms with Crippen LogP contribution in [0.5, 0.6) is 0 Å². The molecule has 1 saturated heterocycles. The summed E-state index contributed by atoms with van der Waals surface area (Å²) in [5, 5.41) is 2.97. The van der Waals surface area contributed by atoms with E-state index in [1.54, 1.807) is 0 Å². The number of anilines is 2. The Morgan fingerprint density at radius 1 is 1.45 bits per heavy atom. The number of hydrogen-bond acceptors (Lipinski definition) is 3. The minimum Gasteiger partial charge on any atom is -0.399 e. The Bertz CT molecular complexity index is 487. The van der Waals surface area contributed by atoms with E-state index in [0.717, 1.165) is 35.9 Å². The second-order valence-electron chi connectivity index (χ2n) is 6.06. The third-order valence-electron chi connectivity index (χ3n) is 4.06. The summed E-state index contributed by atoms with van der Waals surface area (Å²) in [6, 6.07) is 6.14. The molecule has 110 valence electrons. The summed E-state index contributed by atoms with van der Waals surface area (Å²) in [5.74, 6) is 0.817. The van der Waals surface area contributed by atoms with Crippen molar-refractivity contribution in [1.82, 2.24) is 4.90 Å². The van der Waals surface area contributed by atoms with Crippen molar-refractivity contribution >= 4 is 17.3 Å². The lowest BCUT2D eigenvalue weighted by atomic mass is 10.1. The molecule has 1 fully saturated rings. The van der Waals surface area contributed by atoms with E-state index >= 15 is 0 Å². The zero-order valence-electron chi connectivity index (χ0n) is 12.6. The van der Waals surface area contributed by atoms with Gasteiger partial charge in [0.2, 0.25) is 5.91 Å². The summed E-state index contributed by atoms with van der Waals surface area (Å²) >= 11 is 0. The predicted octanol–water partition coefficient (Wildman–Crippen LogP) is 2.64. The van der Waals surface area contributed by atoms with Gasteiger partial charge in [-0.05, 0) is 49.9 Å². The van der Waals surface area contributed by atoms with Gasteiger partial charge in [-0.3, -0.25) is 9.69 Å². The van der Waals surface area contributed by atoms with Gasteiger partial charge in [0.15, 0.2) is 0 Å². The number of nitrogens with two attached hydrogens (primary N) is 1. The summed E-state index contributed by atoms with van der Waals surface area (Å²) in [7, 11) is 0. The van der Waals surface area contributed by atoms with Crippen molar-refractivity contribution in [3.63, 3.8) is 0 Å². The first kappa shape index (κ1) is 14.9. The van der Waals surface area contributed by atoms with Gasteiger partial charge >= 0.3 is 0 Å². The number of rotatable bonds is 4. The topological polar surface area (TPSA) is 58.4 Å². The van der Waals surface area contributed by atoms with Gasteiger partial charge in [-0.25, -0.2) is 0 Å². The fourth-order valence-electron chi connectivity index (χ4n) is 2.98. The van der Waals surface area contributed by atoms with Crippen LogP contribution in [0.1, 0.15) is 32.3 Å². The molecule has 2 rings (SSSR count). The number of nitrogens with zero attached hydrogens (tertiary/aromatic N) is 1. The number of hydrogen-bond donors (Lipinski definition) is 2. The molecule has 1 aliphatic rings. The van der Waals surface area contributed by atoms with Crippen LogP contribution in [-0.4, -0.2) is 29.9 Å². The van der Waals surface area contributed by atoms with Crippen LogP contribution < -0.4 is 11.1 Å². The van der Waals surface area contributed by atoms with Crippen molar-refractivity contribution in [2.24, 2.45) is 5.92 Å². The summed E-state index contributed by atoms with van der Waals surface area (Å²) in [6.07, 6.45) is 1.78. The number of nitrogens with one attached hydrogen (secondary N) is 1. The Morgan fingerprint density at radius 3 is 2.80 bits per heavy atom. The minimum absolute atomic E-state index is 0.0737. The summed E-state index contributed by atoms with van der Waals surface area (Å²) in [5.41, 5.74) is 8.29. The van der Waals surface area contributed by atoms with E-state index in [1.165, 1.54) is 6.42 Å². The number of aryl methyl sites for hydroxylation is 1. The number of nitrogen functional groups attached to an aromatic ring is 1. The molecular formula is C16H25N3O. The van der Waals surface area contributed by atoms with Crippen LogP contribution in [0.25, 0.3) is 0 Å². The Kier molecular flexibility index (Phi) is 4.65. The first-order valence-electron chi connectivity index (χ1n) is 7.35. The van der Waals surface area contributed by atoms with E-state index < -0.39 is 0 Å². The van der Waals surface area contributed by atoms with Crippen LogP contribution in [0.3, 0.4) is 0 Å². The van der Waals surface area contributed by atoms with Crippen molar-refractivity contribution in [1.29, 1.82) is 0 Å². The zero-order chi connectivity index (χ0) is 14.7. The van der Waals surface area contributed by atoms with Gasteiger partial charge in [0, 0.05) is 36.9 Å². The van der Waals surface area contributed by atoms with Crippen LogP contribution in [0.2, 0.25) is 0 Å². The quantitative estimate of drug-likeness (QED) is 0.831. The average molecular weight is 275 g/mol. The van der Waals surface area contributed by atoms with Crippen LogP contribution in [0.4, 0.5) is 11.4 Å². The fourth-order valence-corrected chi connectivity index (χ4v) is 2.98. The molecule has 1 amide bonds. The van der Waals surface area contributed by atoms with Crippen molar-refractivity contribution in [3.05, 3.63) is 23.8 Å². The Morgan fingerprint density at radius 2 is 2.20 bits per heavy atom. The molecule has 1 heterocycles. The zero-order valence-corrected chi connectivity index (χ0v) is 12.6. The maximum Gasteiger partial charge on any atom is 0.225 e. The summed E-state index contributed by atoms with van der Waals surface area (Å²) in [6.45, 7) is 8.41. The number of likely N-dealkylation sites (tertiary alicyclic amines) is 1. The van der Waals surface area contributed by atoms with E-state index in [4.69, 9.17) is 5.73 Å². The molecule has 2 atom stereocenters. The van der Waals surface area contributed by atoms with Crippen LogP contribution >= 0.6 is 0 Å². The van der Waals surface area contributed by atoms with E-state index in [2.05, 4.69) is 24.1 Å². The molecule has 20 heavy (non-hydrogen) atoms. The second kappa shape index (κ2) is 6.27. The van der Waals surface area contributed by atoms with Crippen LogP contribution in [0.15, 0.2) is 18.2 Å². The molecular weight excluding hydrogens is 250 g/mol. The van der Waals surface area contributed by atoms with E-state index in [9.17, 15) is 4.79 Å². The van der Waals surface area contributed by atoms with Crippen molar-refractivity contribution in [2.45, 2.75) is 39.7 Å². The molecule has 1 aromatic carbocycles. The highest BCUT2D eigenvalue weighted by atomic mass is 16.1. The predicted molar refractivity (Wildman–Crippen MR) is 83.7 cm³/mol. The molecule has 1 aliphatic heterocycles. The van der Waals surface area contributed by atoms with Gasteiger partial charge < -0.3 is 11.1 Å². The number of carbonyl (C=O) groups excluding carboxylic acids is 1. The van der Waals surface area contributed by atoms with Gasteiger partial charge in [-0.15, -0.1) is 0 Å². The molecule has 0 aliphatic carbocycles. The normalized spacial score (nSPS) is 22.9. The highest BCUT2D eigenvalue weighted by Gasteiger charge is 2.25. The second-order valence-corrected chi connectivity index (χ2v) is 6.06. The first-order valence-corrected chi connectivity index (χ1v) is 7.35. The van der Waals surface area contributed by atoms with E-state index in [-0.39, 0.29) is 5.91 Å². The highest BCUT2D eigenvalue weighted by Crippen LogP contribution is 2.22. The third kappa shape index (κ3) is 3.73. The molecule has 4 heteroatoms. The molecule has 4 nitrogen and oxygen atoms in total. The molecule has 1 aromatic rings. The van der Waals surface area contributed by atoms with Crippen molar-refractivity contribution < 1.29 is 4.79 Å². The molecule has 0 radical (unpaired) electrons. The number of amides is 1. The molecule has 0 spiro atoms. The van der Waals surface area contributed by atoms with E-state index in [1.807, 2.05) is 25.1 Å². The molecule has 0 aromatic heterocycles. The smallest absolute Gasteiger partial charge is 0.225 e. The fraction of sp³-hybridized carbons (Fsp3) is 0.562. The van der Waals surface area contributed by atoms with Crippen molar-refractivity contribution in [3.8, 4) is 0 Å². The summed E-state index contributed by atoms with van der Waals surface area (Å²) in [4.78, 5) is 14.4. The van der Waals surface area contributed by atoms with Crippen molar-refractivity contribution in [2.75, 3.05) is 24.1 Å². The average Bonchev–Trinajstić information content (AvgIpc) is 2.69. The van der Waals surface area contributed by atoms with E-state index in [0.29, 0.717) is 12.5 Å². The SMILES string of the molecule is Cc1cc(N)ccc1NC(=O)CCN1CC(C)CC1C. The maximum atomic E-state index is 12.0. The largest absolute Gasteiger partial charge is 0.399 e. The Balaban J connectivity index is 1.83. The minimum atomic E-state index is 0.0737. The molecule has 2 unspecified atom stereocenters. The van der Waals surface area contributed by atoms with Gasteiger partial charge in [-0.2, -0.15) is 0 Å². The number of carbonyl (C=O) groups is 1. The Hall–Kier alpha value is -1.55. The lowest BCUT2D eigenvalue weighted by Gasteiger charge is -2.20. The van der Waals surface area contributed by atoms with Gasteiger partial charge in [0.05, 0.1) is 0 Å². The monoisotopic (exact) mass is 275 g/mol. The summed E-state index contributed by atoms with van der Waals surface area (Å²) < 4.78 is 0. The molecule has 0 saturated carbocycles. The van der Waals surface area contributed by atoms with Crippen LogP contribution in [-0.2, 0) is 4.79 Å². The lowest BCUT2D eigenvalue weighted by molar-refractivity contribution is -0.116. The number of benzene rings is 1. The first-order chi connectivity index (χ1) is 9.45. The lowest BCUT2D eigenvalue weighted by Crippen LogP contribution is -2.30. The molecule has 3 N–H and O–H groups in total. The van der Waals surface area contributed by atoms with Gasteiger partial charge in [-0.1, -0.05) is 6.92 Å². The highest BCUT2D eigenvalue weighted by molar-refractivity contribution is 5.91.